The van der Waals surface area contributed by atoms with Crippen molar-refractivity contribution >= 4 is 11.4 Å². The Bertz CT molecular complexity index is 343. The fraction of sp³-hybridized carbons (Fsp3) is 0.455. The van der Waals surface area contributed by atoms with Crippen LogP contribution in [0.4, 0.5) is 11.4 Å². The fourth-order valence-corrected chi connectivity index (χ4v) is 1.96. The molecule has 0 spiro atoms. The number of aliphatic hydroxyl groups excluding tert-OH is 1. The molecule has 0 bridgehead atoms. The van der Waals surface area contributed by atoms with E-state index in [1.54, 1.807) is 7.11 Å². The van der Waals surface area contributed by atoms with Gasteiger partial charge in [0.05, 0.1) is 17.5 Å². The lowest BCUT2D eigenvalue weighted by Crippen LogP contribution is -2.25. The maximum Gasteiger partial charge on any atom is 0.102 e. The average molecular weight is 208 g/mol. The van der Waals surface area contributed by atoms with Crippen molar-refractivity contribution in [2.75, 3.05) is 30.8 Å². The molecule has 0 aliphatic carbocycles. The normalized spacial score (nSPS) is 25.9. The van der Waals surface area contributed by atoms with E-state index in [1.165, 1.54) is 0 Å². The number of β-amino-alcohol motifs (C(OH)–C–C–N with tert-alkyl or cyclic N) is 1. The highest BCUT2D eigenvalue weighted by Gasteiger charge is 2.31. The smallest absolute Gasteiger partial charge is 0.102 e. The Morgan fingerprint density at radius 3 is 2.73 bits per heavy atom. The van der Waals surface area contributed by atoms with Crippen molar-refractivity contribution < 1.29 is 9.84 Å². The molecule has 2 atom stereocenters. The second-order valence-electron chi connectivity index (χ2n) is 3.81. The zero-order valence-electron chi connectivity index (χ0n) is 8.76. The summed E-state index contributed by atoms with van der Waals surface area (Å²) < 4.78 is 5.18. The molecule has 82 valence electrons. The molecular weight excluding hydrogens is 192 g/mol. The second-order valence-corrected chi connectivity index (χ2v) is 3.81. The van der Waals surface area contributed by atoms with E-state index in [0.717, 1.165) is 11.4 Å². The molecule has 1 saturated heterocycles. The van der Waals surface area contributed by atoms with Crippen molar-refractivity contribution in [3.8, 4) is 0 Å². The van der Waals surface area contributed by atoms with Gasteiger partial charge in [0, 0.05) is 20.2 Å². The summed E-state index contributed by atoms with van der Waals surface area (Å²) in [6.07, 6.45) is -0.556. The van der Waals surface area contributed by atoms with E-state index in [2.05, 4.69) is 0 Å². The molecule has 0 unspecified atom stereocenters. The number of hydrogen-bond donors (Lipinski definition) is 2. The first-order chi connectivity index (χ1) is 7.22. The lowest BCUT2D eigenvalue weighted by molar-refractivity contribution is 0.0217. The minimum Gasteiger partial charge on any atom is -0.397 e. The lowest BCUT2D eigenvalue weighted by atomic mass is 10.2. The maximum atomic E-state index is 9.70. The molecule has 1 aliphatic rings. The average Bonchev–Trinajstić information content (AvgIpc) is 2.60. The van der Waals surface area contributed by atoms with Crippen LogP contribution in [0.2, 0.25) is 0 Å². The number of nitrogen functional groups attached to an aromatic ring is 1. The van der Waals surface area contributed by atoms with E-state index < -0.39 is 6.10 Å². The highest BCUT2D eigenvalue weighted by atomic mass is 16.5. The molecule has 0 radical (unpaired) electrons. The van der Waals surface area contributed by atoms with Crippen LogP contribution in [0, 0.1) is 0 Å². The summed E-state index contributed by atoms with van der Waals surface area (Å²) in [5.74, 6) is 0. The van der Waals surface area contributed by atoms with Gasteiger partial charge in [-0.05, 0) is 12.1 Å². The zero-order valence-corrected chi connectivity index (χ0v) is 8.76. The molecule has 1 aliphatic heterocycles. The van der Waals surface area contributed by atoms with Gasteiger partial charge in [-0.1, -0.05) is 12.1 Å². The Hall–Kier alpha value is -1.26. The van der Waals surface area contributed by atoms with Crippen molar-refractivity contribution in [2.45, 2.75) is 12.2 Å². The predicted octanol–water partition coefficient (Wildman–Crippen LogP) is 0.465. The largest absolute Gasteiger partial charge is 0.397 e. The minimum absolute atomic E-state index is 0.121. The van der Waals surface area contributed by atoms with E-state index in [0.29, 0.717) is 13.1 Å². The maximum absolute atomic E-state index is 9.70. The van der Waals surface area contributed by atoms with Crippen molar-refractivity contribution in [1.82, 2.24) is 0 Å². The fourth-order valence-electron chi connectivity index (χ4n) is 1.96. The van der Waals surface area contributed by atoms with Crippen LogP contribution in [-0.2, 0) is 4.74 Å². The molecule has 0 saturated carbocycles. The molecule has 15 heavy (non-hydrogen) atoms. The summed E-state index contributed by atoms with van der Waals surface area (Å²) in [5.41, 5.74) is 7.57. The number of aliphatic hydroxyl groups is 1. The Morgan fingerprint density at radius 2 is 2.13 bits per heavy atom. The summed E-state index contributed by atoms with van der Waals surface area (Å²) in [6.45, 7) is 1.26. The number of anilines is 2. The van der Waals surface area contributed by atoms with Gasteiger partial charge in [-0.15, -0.1) is 0 Å². The molecule has 3 N–H and O–H groups in total. The number of nitrogens with two attached hydrogens (primary N) is 1. The molecule has 1 fully saturated rings. The van der Waals surface area contributed by atoms with Crippen LogP contribution in [0.15, 0.2) is 24.3 Å². The lowest BCUT2D eigenvalue weighted by Gasteiger charge is -2.19. The monoisotopic (exact) mass is 208 g/mol. The molecule has 1 aromatic carbocycles. The molecule has 2 rings (SSSR count). The Morgan fingerprint density at radius 1 is 1.40 bits per heavy atom. The quantitative estimate of drug-likeness (QED) is 0.693. The summed E-state index contributed by atoms with van der Waals surface area (Å²) in [5, 5.41) is 9.70. The number of ether oxygens (including phenoxy) is 1. The second kappa shape index (κ2) is 4.08. The van der Waals surface area contributed by atoms with Crippen LogP contribution in [0.3, 0.4) is 0 Å². The molecule has 0 aromatic heterocycles. The van der Waals surface area contributed by atoms with Crippen LogP contribution < -0.4 is 10.6 Å². The van der Waals surface area contributed by atoms with Gasteiger partial charge in [-0.3, -0.25) is 0 Å². The minimum atomic E-state index is -0.436. The van der Waals surface area contributed by atoms with Gasteiger partial charge in [0.1, 0.15) is 6.10 Å². The summed E-state index contributed by atoms with van der Waals surface area (Å²) in [6, 6.07) is 7.67. The van der Waals surface area contributed by atoms with Gasteiger partial charge in [0.2, 0.25) is 0 Å². The van der Waals surface area contributed by atoms with Gasteiger partial charge < -0.3 is 20.5 Å². The van der Waals surface area contributed by atoms with Crippen LogP contribution in [0.25, 0.3) is 0 Å². The highest BCUT2D eigenvalue weighted by molar-refractivity contribution is 5.67. The topological polar surface area (TPSA) is 58.7 Å². The number of methoxy groups -OCH3 is 1. The molecule has 4 heteroatoms. The third-order valence-corrected chi connectivity index (χ3v) is 2.82. The van der Waals surface area contributed by atoms with Crippen LogP contribution in [-0.4, -0.2) is 37.5 Å². The van der Waals surface area contributed by atoms with E-state index in [4.69, 9.17) is 10.5 Å². The first-order valence-corrected chi connectivity index (χ1v) is 5.02. The van der Waals surface area contributed by atoms with Crippen LogP contribution >= 0.6 is 0 Å². The number of benzene rings is 1. The zero-order chi connectivity index (χ0) is 10.8. The van der Waals surface area contributed by atoms with Crippen molar-refractivity contribution in [3.05, 3.63) is 24.3 Å². The molecule has 1 aromatic rings. The van der Waals surface area contributed by atoms with Crippen molar-refractivity contribution in [2.24, 2.45) is 0 Å². The number of nitrogens with zero attached hydrogens (tertiary/aromatic N) is 1. The summed E-state index contributed by atoms with van der Waals surface area (Å²) in [4.78, 5) is 2.05. The molecule has 0 amide bonds. The van der Waals surface area contributed by atoms with Crippen LogP contribution in [0.1, 0.15) is 0 Å². The molecular formula is C11H16N2O2. The van der Waals surface area contributed by atoms with Gasteiger partial charge in [0.25, 0.3) is 0 Å². The predicted molar refractivity (Wildman–Crippen MR) is 59.9 cm³/mol. The van der Waals surface area contributed by atoms with Gasteiger partial charge in [-0.2, -0.15) is 0 Å². The van der Waals surface area contributed by atoms with Gasteiger partial charge in [-0.25, -0.2) is 0 Å². The molecule has 1 heterocycles. The number of rotatable bonds is 2. The van der Waals surface area contributed by atoms with E-state index in [1.807, 2.05) is 29.2 Å². The Kier molecular flexibility index (Phi) is 2.79. The van der Waals surface area contributed by atoms with E-state index in [9.17, 15) is 5.11 Å². The molecule has 4 nitrogen and oxygen atoms in total. The Labute approximate surface area is 89.3 Å². The third-order valence-electron chi connectivity index (χ3n) is 2.82. The number of hydrogen-bond acceptors (Lipinski definition) is 4. The first kappa shape index (κ1) is 10.3. The van der Waals surface area contributed by atoms with E-state index in [-0.39, 0.29) is 6.10 Å². The third kappa shape index (κ3) is 1.91. The van der Waals surface area contributed by atoms with Crippen molar-refractivity contribution in [1.29, 1.82) is 0 Å². The van der Waals surface area contributed by atoms with E-state index >= 15 is 0 Å². The Balaban J connectivity index is 2.17. The first-order valence-electron chi connectivity index (χ1n) is 5.02. The summed E-state index contributed by atoms with van der Waals surface area (Å²) >= 11 is 0. The van der Waals surface area contributed by atoms with Crippen LogP contribution in [0.5, 0.6) is 0 Å². The van der Waals surface area contributed by atoms with Crippen molar-refractivity contribution in [3.63, 3.8) is 0 Å². The standard InChI is InChI=1S/C11H16N2O2/c1-15-11-7-13(6-10(11)14)9-5-3-2-4-8(9)12/h2-5,10-11,14H,6-7,12H2,1H3/t10-,11-/m1/s1. The summed E-state index contributed by atoms with van der Waals surface area (Å²) in [7, 11) is 1.62. The van der Waals surface area contributed by atoms with Gasteiger partial charge >= 0.3 is 0 Å². The number of para-hydroxylation sites is 2. The SMILES string of the molecule is CO[C@@H]1CN(c2ccccc2N)C[C@H]1O. The van der Waals surface area contributed by atoms with Gasteiger partial charge in [0.15, 0.2) is 0 Å². The highest BCUT2D eigenvalue weighted by Crippen LogP contribution is 2.26.